The maximum Gasteiger partial charge on any atom is 0.396 e. The number of nitrogens with two attached hydrogens (primary N) is 1. The molecule has 1 aliphatic carbocycles. The van der Waals surface area contributed by atoms with Crippen LogP contribution in [0.15, 0.2) is 108 Å². The molecular weight excluding hydrogens is 1110 g/mol. The lowest BCUT2D eigenvalue weighted by atomic mass is 9.77. The third kappa shape index (κ3) is 13.2. The van der Waals surface area contributed by atoms with Crippen molar-refractivity contribution < 1.29 is 57.5 Å². The molecule has 9 N–H and O–H groups in total. The van der Waals surface area contributed by atoms with Crippen molar-refractivity contribution in [2.45, 2.75) is 132 Å². The number of nitrogens with one attached hydrogen (secondary N) is 5. The molecule has 23 nitrogen and oxygen atoms in total. The van der Waals surface area contributed by atoms with E-state index in [1.807, 2.05) is 78.9 Å². The fourth-order valence-electron chi connectivity index (χ4n) is 12.8. The van der Waals surface area contributed by atoms with Gasteiger partial charge in [0.2, 0.25) is 41.4 Å². The number of fused-ring (bicyclic) bond motifs is 3. The third-order valence-corrected chi connectivity index (χ3v) is 18.1. The predicted octanol–water partition coefficient (Wildman–Crippen LogP) is 4.61. The van der Waals surface area contributed by atoms with Crippen LogP contribution in [-0.4, -0.2) is 124 Å². The standard InChI is InChI=1S/C61H69N10O13P/c1-68-50-33-39(20-24-47(50)71(61(68)81)49-26-28-52(73)66-58(49)78)36-17-15-35(16-18-36)9-8-14-53(74)69-30-29-42-21-25-48(57(77)64-44(23-27-51(62)72)55(75)67-54(37-10-4-2-5-11-37)38-12-6-3-7-13-38)70(42)59(79)46(34-69)65-56(76)45-32-41-31-40(19-22-43(41)63-45)60(80)85(82,83)84/h2-7,10-13,19-20,22,24,31-33,35-36,42,44,46,48-49,54,63H,8-9,14-18,21,23,25-30,34H2,1H3,(H2,62,72)(H,64,77)(H,65,76)(H,67,75)(H,66,73,78)(H2,82,83,84)/t35?,36?,42-,44+,46+,48+,49?/m1/s1. The summed E-state index contributed by atoms with van der Waals surface area (Å²) < 4.78 is 14.8. The van der Waals surface area contributed by atoms with E-state index in [0.29, 0.717) is 41.7 Å². The molecule has 5 heterocycles. The summed E-state index contributed by atoms with van der Waals surface area (Å²) in [6.07, 6.45) is 6.01. The van der Waals surface area contributed by atoms with Gasteiger partial charge in [-0.1, -0.05) is 66.7 Å². The number of nitrogens with zero attached hydrogens (tertiary/aromatic N) is 4. The van der Waals surface area contributed by atoms with Gasteiger partial charge in [-0.3, -0.25) is 62.2 Å². The van der Waals surface area contributed by atoms with Gasteiger partial charge in [0, 0.05) is 61.9 Å². The van der Waals surface area contributed by atoms with Crippen LogP contribution in [0, 0.1) is 5.92 Å². The molecular formula is C61H69N10O13P. The molecule has 0 radical (unpaired) electrons. The largest absolute Gasteiger partial charge is 0.396 e. The van der Waals surface area contributed by atoms with Crippen LogP contribution < -0.4 is 32.7 Å². The van der Waals surface area contributed by atoms with Gasteiger partial charge in [0.05, 0.1) is 17.1 Å². The highest BCUT2D eigenvalue weighted by atomic mass is 31.2. The Morgan fingerprint density at radius 2 is 1.48 bits per heavy atom. The Kier molecular flexibility index (Phi) is 17.8. The van der Waals surface area contributed by atoms with Crippen LogP contribution in [-0.2, 0) is 45.2 Å². The smallest absolute Gasteiger partial charge is 0.370 e. The minimum Gasteiger partial charge on any atom is -0.370 e. The number of aromatic amines is 1. The number of amides is 8. The average Bonchev–Trinajstić information content (AvgIpc) is 2.34. The number of carbonyl (C=O) groups excluding carboxylic acids is 9. The molecule has 1 saturated carbocycles. The first-order valence-electron chi connectivity index (χ1n) is 28.9. The van der Waals surface area contributed by atoms with Crippen molar-refractivity contribution in [3.05, 3.63) is 142 Å². The Morgan fingerprint density at radius 1 is 0.776 bits per heavy atom. The molecule has 4 aromatic carbocycles. The molecule has 4 aliphatic rings. The van der Waals surface area contributed by atoms with Crippen molar-refractivity contribution in [3.63, 3.8) is 0 Å². The van der Waals surface area contributed by atoms with Crippen molar-refractivity contribution in [1.29, 1.82) is 0 Å². The van der Waals surface area contributed by atoms with E-state index >= 15 is 4.79 Å². The van der Waals surface area contributed by atoms with Gasteiger partial charge < -0.3 is 46.3 Å². The number of carbonyl (C=O) groups is 9. The van der Waals surface area contributed by atoms with Gasteiger partial charge in [-0.2, -0.15) is 0 Å². The normalized spacial score (nSPS) is 21.4. The molecule has 0 bridgehead atoms. The summed E-state index contributed by atoms with van der Waals surface area (Å²) in [5.41, 5.74) is 7.81. The summed E-state index contributed by atoms with van der Waals surface area (Å²) in [6.45, 7) is -0.0528. The van der Waals surface area contributed by atoms with E-state index < -0.39 is 84.8 Å². The highest BCUT2D eigenvalue weighted by Crippen LogP contribution is 2.41. The maximum atomic E-state index is 15.1. The summed E-state index contributed by atoms with van der Waals surface area (Å²) >= 11 is 0. The molecule has 3 saturated heterocycles. The second-order valence-electron chi connectivity index (χ2n) is 22.8. The second-order valence-corrected chi connectivity index (χ2v) is 24.3. The van der Waals surface area contributed by atoms with Gasteiger partial charge in [0.25, 0.3) is 11.4 Å². The molecule has 3 aliphatic heterocycles. The van der Waals surface area contributed by atoms with Crippen LogP contribution in [0.5, 0.6) is 0 Å². The van der Waals surface area contributed by atoms with E-state index in [4.69, 9.17) is 5.73 Å². The second kappa shape index (κ2) is 25.4. The molecule has 6 aromatic rings. The van der Waals surface area contributed by atoms with Crippen LogP contribution in [0.3, 0.4) is 0 Å². The van der Waals surface area contributed by atoms with E-state index in [1.54, 1.807) is 16.5 Å². The Balaban J connectivity index is 0.824. The first-order valence-corrected chi connectivity index (χ1v) is 30.5. The summed E-state index contributed by atoms with van der Waals surface area (Å²) in [7, 11) is -3.45. The van der Waals surface area contributed by atoms with Crippen molar-refractivity contribution in [2.24, 2.45) is 18.7 Å². The highest BCUT2D eigenvalue weighted by molar-refractivity contribution is 7.70. The number of rotatable bonds is 19. The molecule has 4 fully saturated rings. The van der Waals surface area contributed by atoms with Crippen molar-refractivity contribution in [3.8, 4) is 0 Å². The van der Waals surface area contributed by atoms with Crippen molar-refractivity contribution in [1.82, 2.24) is 45.2 Å². The Morgan fingerprint density at radius 3 is 2.15 bits per heavy atom. The van der Waals surface area contributed by atoms with E-state index in [1.165, 1.54) is 33.7 Å². The number of H-pyrrole nitrogens is 1. The van der Waals surface area contributed by atoms with Crippen molar-refractivity contribution >= 4 is 82.3 Å². The summed E-state index contributed by atoms with van der Waals surface area (Å²) in [6, 6.07) is 23.9. The fourth-order valence-corrected chi connectivity index (χ4v) is 13.3. The van der Waals surface area contributed by atoms with Crippen LogP contribution in [0.2, 0.25) is 0 Å². The Bertz CT molecular complexity index is 3660. The van der Waals surface area contributed by atoms with Crippen LogP contribution in [0.1, 0.15) is 145 Å². The molecule has 85 heavy (non-hydrogen) atoms. The topological polar surface area (TPSA) is 335 Å². The average molecular weight is 1180 g/mol. The number of hydrogen-bond acceptors (Lipinski definition) is 11. The fraction of sp³-hybridized carbons (Fsp3) is 0.410. The lowest BCUT2D eigenvalue weighted by Crippen LogP contribution is -2.62. The number of aryl methyl sites for hydroxylation is 1. The van der Waals surface area contributed by atoms with E-state index in [-0.39, 0.29) is 91.7 Å². The zero-order chi connectivity index (χ0) is 60.3. The zero-order valence-corrected chi connectivity index (χ0v) is 47.8. The number of benzene rings is 4. The Hall–Kier alpha value is -8.53. The molecule has 446 valence electrons. The van der Waals surface area contributed by atoms with E-state index in [2.05, 4.69) is 26.3 Å². The predicted molar refractivity (Wildman–Crippen MR) is 311 cm³/mol. The van der Waals surface area contributed by atoms with Gasteiger partial charge in [-0.25, -0.2) is 4.79 Å². The van der Waals surface area contributed by atoms with Gasteiger partial charge >= 0.3 is 13.3 Å². The molecule has 5 atom stereocenters. The van der Waals surface area contributed by atoms with Gasteiger partial charge in [0.1, 0.15) is 29.9 Å². The molecule has 0 spiro atoms. The number of piperidine rings is 1. The monoisotopic (exact) mass is 1180 g/mol. The molecule has 1 unspecified atom stereocenters. The number of imide groups is 1. The summed E-state index contributed by atoms with van der Waals surface area (Å²) in [5.74, 6) is -3.83. The quantitative estimate of drug-likeness (QED) is 0.0406. The van der Waals surface area contributed by atoms with Crippen LogP contribution >= 0.6 is 7.60 Å². The maximum absolute atomic E-state index is 15.1. The van der Waals surface area contributed by atoms with Gasteiger partial charge in [-0.05, 0) is 136 Å². The first-order chi connectivity index (χ1) is 40.7. The number of hydrogen-bond donors (Lipinski definition) is 8. The minimum absolute atomic E-state index is 0.0619. The molecule has 8 amide bonds. The zero-order valence-electron chi connectivity index (χ0n) is 46.9. The van der Waals surface area contributed by atoms with Crippen LogP contribution in [0.25, 0.3) is 21.9 Å². The van der Waals surface area contributed by atoms with Crippen molar-refractivity contribution in [2.75, 3.05) is 13.1 Å². The molecule has 24 heteroatoms. The highest BCUT2D eigenvalue weighted by Gasteiger charge is 2.46. The Labute approximate surface area is 488 Å². The lowest BCUT2D eigenvalue weighted by molar-refractivity contribution is -0.145. The molecule has 2 aromatic heterocycles. The lowest BCUT2D eigenvalue weighted by Gasteiger charge is -2.39. The number of primary amides is 1. The molecule has 10 rings (SSSR count). The number of imidazole rings is 1. The SMILES string of the molecule is Cn1c(=O)n(C2CCC(=O)NC2=O)c2ccc(C3CCC(CCCC(=O)N4CC[C@H]5CC[C@@H](C(=O)N[C@@H](CCC(N)=O)C(=O)NC(c6ccccc6)c6ccccc6)N5C(=O)[C@@H](NC(=O)c5cc6cc(C(=O)P(=O)(O)O)ccc6[nH]5)C4)CC3)cc21. The van der Waals surface area contributed by atoms with E-state index in [9.17, 15) is 57.5 Å². The third-order valence-electron chi connectivity index (χ3n) is 17.3. The van der Waals surface area contributed by atoms with Gasteiger partial charge in [-0.15, -0.1) is 0 Å². The first kappa shape index (κ1) is 59.6. The minimum atomic E-state index is -5.13. The number of aromatic nitrogens is 3. The summed E-state index contributed by atoms with van der Waals surface area (Å²) in [5, 5.41) is 11.3. The summed E-state index contributed by atoms with van der Waals surface area (Å²) in [4.78, 5) is 160. The van der Waals surface area contributed by atoms with Gasteiger partial charge in [0.15, 0.2) is 0 Å². The van der Waals surface area contributed by atoms with Crippen LogP contribution in [0.4, 0.5) is 0 Å². The van der Waals surface area contributed by atoms with E-state index in [0.717, 1.165) is 48.8 Å².